The number of benzene rings is 2. The number of carbonyl (C=O) groups is 2. The highest BCUT2D eigenvalue weighted by atomic mass is 16.5. The number of hydroxylamine groups is 1. The number of rotatable bonds is 9. The maximum atomic E-state index is 12.5. The van der Waals surface area contributed by atoms with Gasteiger partial charge in [-0.3, -0.25) is 19.7 Å². The number of aromatic amines is 2. The molecule has 2 aromatic carbocycles. The molecule has 196 valence electrons. The SMILES string of the molecule is CN(C)C(=O)c1c[nH]c(CN(CCc2c[nH]c3ccccc23)[C@@H]2CCc3cc(/C=C/C(=O)NO)ccc32)c1. The van der Waals surface area contributed by atoms with Crippen molar-refractivity contribution in [3.8, 4) is 0 Å². The molecule has 0 radical (unpaired) electrons. The molecule has 0 aliphatic heterocycles. The van der Waals surface area contributed by atoms with E-state index in [2.05, 4.69) is 51.4 Å². The average Bonchev–Trinajstić information content (AvgIpc) is 3.67. The summed E-state index contributed by atoms with van der Waals surface area (Å²) in [4.78, 5) is 34.6. The van der Waals surface area contributed by atoms with Crippen LogP contribution in [-0.2, 0) is 24.2 Å². The van der Waals surface area contributed by atoms with Gasteiger partial charge < -0.3 is 14.9 Å². The van der Waals surface area contributed by atoms with Gasteiger partial charge in [-0.05, 0) is 59.7 Å². The number of hydrogen-bond acceptors (Lipinski definition) is 4. The molecular formula is C30H33N5O3. The van der Waals surface area contributed by atoms with Crippen LogP contribution in [0.4, 0.5) is 0 Å². The van der Waals surface area contributed by atoms with Crippen LogP contribution >= 0.6 is 0 Å². The summed E-state index contributed by atoms with van der Waals surface area (Å²) in [6.45, 7) is 1.56. The predicted molar refractivity (Wildman–Crippen MR) is 148 cm³/mol. The predicted octanol–water partition coefficient (Wildman–Crippen LogP) is 4.45. The van der Waals surface area contributed by atoms with Crippen molar-refractivity contribution in [2.45, 2.75) is 31.8 Å². The molecule has 2 aromatic heterocycles. The van der Waals surface area contributed by atoms with E-state index in [1.54, 1.807) is 36.7 Å². The molecule has 1 aliphatic carbocycles. The van der Waals surface area contributed by atoms with Crippen LogP contribution in [0.15, 0.2) is 67.0 Å². The molecule has 0 unspecified atom stereocenters. The first-order chi connectivity index (χ1) is 18.4. The van der Waals surface area contributed by atoms with E-state index in [0.717, 1.165) is 42.6 Å². The Balaban J connectivity index is 1.40. The second-order valence-electron chi connectivity index (χ2n) is 10.0. The minimum Gasteiger partial charge on any atom is -0.363 e. The summed E-state index contributed by atoms with van der Waals surface area (Å²) >= 11 is 0. The van der Waals surface area contributed by atoms with Crippen molar-refractivity contribution in [1.82, 2.24) is 25.2 Å². The fourth-order valence-corrected chi connectivity index (χ4v) is 5.39. The molecule has 8 heteroatoms. The Labute approximate surface area is 221 Å². The molecule has 1 aliphatic rings. The first-order valence-electron chi connectivity index (χ1n) is 12.9. The van der Waals surface area contributed by atoms with Gasteiger partial charge in [0.15, 0.2) is 0 Å². The molecule has 1 atom stereocenters. The first-order valence-corrected chi connectivity index (χ1v) is 12.9. The number of nitrogens with one attached hydrogen (secondary N) is 3. The van der Waals surface area contributed by atoms with E-state index in [0.29, 0.717) is 12.1 Å². The number of aromatic nitrogens is 2. The number of carbonyl (C=O) groups excluding carboxylic acids is 2. The third-order valence-electron chi connectivity index (χ3n) is 7.30. The maximum absolute atomic E-state index is 12.5. The summed E-state index contributed by atoms with van der Waals surface area (Å²) in [5.41, 5.74) is 9.23. The maximum Gasteiger partial charge on any atom is 0.267 e. The zero-order valence-corrected chi connectivity index (χ0v) is 21.7. The highest BCUT2D eigenvalue weighted by Crippen LogP contribution is 2.37. The van der Waals surface area contributed by atoms with E-state index in [-0.39, 0.29) is 11.9 Å². The summed E-state index contributed by atoms with van der Waals surface area (Å²) in [5.74, 6) is -0.565. The van der Waals surface area contributed by atoms with E-state index in [9.17, 15) is 9.59 Å². The van der Waals surface area contributed by atoms with Crippen LogP contribution in [0.1, 0.15) is 50.8 Å². The average molecular weight is 512 g/mol. The zero-order valence-electron chi connectivity index (χ0n) is 21.7. The van der Waals surface area contributed by atoms with Crippen LogP contribution in [0.5, 0.6) is 0 Å². The van der Waals surface area contributed by atoms with Gasteiger partial charge in [-0.1, -0.05) is 36.4 Å². The number of aryl methyl sites for hydroxylation is 1. The Morgan fingerprint density at radius 1 is 1.11 bits per heavy atom. The minimum absolute atomic E-state index is 0.0143. The molecule has 38 heavy (non-hydrogen) atoms. The quantitative estimate of drug-likeness (QED) is 0.151. The van der Waals surface area contributed by atoms with E-state index in [1.807, 2.05) is 18.2 Å². The van der Waals surface area contributed by atoms with Crippen LogP contribution in [0.2, 0.25) is 0 Å². The molecule has 0 saturated heterocycles. The lowest BCUT2D eigenvalue weighted by atomic mass is 10.0. The second kappa shape index (κ2) is 11.1. The molecule has 0 saturated carbocycles. The van der Waals surface area contributed by atoms with Gasteiger partial charge in [0.05, 0.1) is 5.56 Å². The van der Waals surface area contributed by atoms with Gasteiger partial charge in [-0.2, -0.15) is 0 Å². The lowest BCUT2D eigenvalue weighted by molar-refractivity contribution is -0.124. The third-order valence-corrected chi connectivity index (χ3v) is 7.30. The van der Waals surface area contributed by atoms with Crippen molar-refractivity contribution in [2.24, 2.45) is 0 Å². The molecule has 2 heterocycles. The molecule has 4 aromatic rings. The number of para-hydroxylation sites is 1. The minimum atomic E-state index is -0.551. The van der Waals surface area contributed by atoms with Crippen molar-refractivity contribution in [1.29, 1.82) is 0 Å². The van der Waals surface area contributed by atoms with Crippen molar-refractivity contribution < 1.29 is 14.8 Å². The Bertz CT molecular complexity index is 1480. The fraction of sp³-hybridized carbons (Fsp3) is 0.267. The molecule has 0 fully saturated rings. The Morgan fingerprint density at radius 3 is 2.76 bits per heavy atom. The molecule has 8 nitrogen and oxygen atoms in total. The summed E-state index contributed by atoms with van der Waals surface area (Å²) < 4.78 is 0. The standard InChI is InChI=1S/C30H33N5O3/c1-34(2)30(37)23-16-24(31-18-23)19-35(14-13-22-17-32-27-6-4-3-5-25(22)27)28-11-9-21-15-20(7-10-26(21)28)8-12-29(36)33-38/h3-8,10,12,15-18,28,31-32,38H,9,11,13-14,19H2,1-2H3,(H,33,36)/b12-8+/t28-/m1/s1. The molecule has 0 bridgehead atoms. The molecular weight excluding hydrogens is 478 g/mol. The van der Waals surface area contributed by atoms with Gasteiger partial charge in [-0.15, -0.1) is 0 Å². The van der Waals surface area contributed by atoms with Crippen molar-refractivity contribution in [3.63, 3.8) is 0 Å². The van der Waals surface area contributed by atoms with E-state index < -0.39 is 5.91 Å². The molecule has 0 spiro atoms. The number of amides is 2. The second-order valence-corrected chi connectivity index (χ2v) is 10.0. The topological polar surface area (TPSA) is 104 Å². The monoisotopic (exact) mass is 511 g/mol. The van der Waals surface area contributed by atoms with Crippen LogP contribution in [0.3, 0.4) is 0 Å². The van der Waals surface area contributed by atoms with Gasteiger partial charge in [0.25, 0.3) is 11.8 Å². The van der Waals surface area contributed by atoms with Crippen LogP contribution in [0.25, 0.3) is 17.0 Å². The highest BCUT2D eigenvalue weighted by molar-refractivity contribution is 5.94. The lowest BCUT2D eigenvalue weighted by Crippen LogP contribution is -2.29. The zero-order chi connectivity index (χ0) is 26.6. The number of hydrogen-bond donors (Lipinski definition) is 4. The lowest BCUT2D eigenvalue weighted by Gasteiger charge is -2.29. The first kappa shape index (κ1) is 25.5. The summed E-state index contributed by atoms with van der Waals surface area (Å²) in [6, 6.07) is 16.9. The number of H-pyrrole nitrogens is 2. The van der Waals surface area contributed by atoms with Gasteiger partial charge in [0.2, 0.25) is 0 Å². The summed E-state index contributed by atoms with van der Waals surface area (Å²) in [5, 5.41) is 9.99. The van der Waals surface area contributed by atoms with E-state index in [4.69, 9.17) is 5.21 Å². The van der Waals surface area contributed by atoms with Crippen molar-refractivity contribution in [2.75, 3.05) is 20.6 Å². The van der Waals surface area contributed by atoms with Gasteiger partial charge >= 0.3 is 0 Å². The van der Waals surface area contributed by atoms with Crippen LogP contribution in [0, 0.1) is 0 Å². The number of nitrogens with zero attached hydrogens (tertiary/aromatic N) is 2. The van der Waals surface area contributed by atoms with Crippen LogP contribution in [-0.4, -0.2) is 57.4 Å². The fourth-order valence-electron chi connectivity index (χ4n) is 5.39. The largest absolute Gasteiger partial charge is 0.363 e. The van der Waals surface area contributed by atoms with Crippen molar-refractivity contribution >= 4 is 28.8 Å². The normalized spacial score (nSPS) is 14.9. The Morgan fingerprint density at radius 2 is 1.95 bits per heavy atom. The van der Waals surface area contributed by atoms with Gasteiger partial charge in [-0.25, -0.2) is 5.48 Å². The highest BCUT2D eigenvalue weighted by Gasteiger charge is 2.28. The van der Waals surface area contributed by atoms with Gasteiger partial charge in [0, 0.05) is 68.3 Å². The number of fused-ring (bicyclic) bond motifs is 2. The van der Waals surface area contributed by atoms with E-state index >= 15 is 0 Å². The van der Waals surface area contributed by atoms with Gasteiger partial charge in [0.1, 0.15) is 0 Å². The van der Waals surface area contributed by atoms with E-state index in [1.165, 1.54) is 28.2 Å². The summed E-state index contributed by atoms with van der Waals surface area (Å²) in [7, 11) is 3.52. The molecule has 2 amide bonds. The molecule has 5 rings (SSSR count). The van der Waals surface area contributed by atoms with Crippen molar-refractivity contribution in [3.05, 3.63) is 101 Å². The van der Waals surface area contributed by atoms with Crippen LogP contribution < -0.4 is 5.48 Å². The third kappa shape index (κ3) is 5.41. The Kier molecular flexibility index (Phi) is 7.44. The Hall–Kier alpha value is -4.14. The summed E-state index contributed by atoms with van der Waals surface area (Å²) in [6.07, 6.45) is 9.77. The molecule has 4 N–H and O–H groups in total. The smallest absolute Gasteiger partial charge is 0.267 e.